The molecule has 3 N–H and O–H groups in total. The maximum Gasteiger partial charge on any atom is 0.341 e. The standard InChI is InChI=1S/C15H24N4O2/c1-11(19-6-4-3-5-7-19)9-17-14-13(15(20)21-2)8-12(16)10-18-14/h8,10-11H,3-7,9,16H2,1-2H3,(H,17,18). The largest absolute Gasteiger partial charge is 0.465 e. The van der Waals surface area contributed by atoms with Crippen molar-refractivity contribution in [3.8, 4) is 0 Å². The third-order valence-electron chi connectivity index (χ3n) is 3.89. The van der Waals surface area contributed by atoms with Crippen molar-refractivity contribution in [1.29, 1.82) is 0 Å². The molecule has 0 saturated carbocycles. The molecule has 6 heteroatoms. The number of nitrogen functional groups attached to an aromatic ring is 1. The van der Waals surface area contributed by atoms with Crippen LogP contribution < -0.4 is 11.1 Å². The molecule has 0 spiro atoms. The van der Waals surface area contributed by atoms with Gasteiger partial charge in [-0.25, -0.2) is 9.78 Å². The molecule has 0 amide bonds. The van der Waals surface area contributed by atoms with Crippen LogP contribution in [0, 0.1) is 0 Å². The Morgan fingerprint density at radius 1 is 1.48 bits per heavy atom. The third-order valence-corrected chi connectivity index (χ3v) is 3.89. The summed E-state index contributed by atoms with van der Waals surface area (Å²) in [5.74, 6) is 0.0998. The SMILES string of the molecule is COC(=O)c1cc(N)cnc1NCC(C)N1CCCCC1. The van der Waals surface area contributed by atoms with Crippen molar-refractivity contribution in [1.82, 2.24) is 9.88 Å². The van der Waals surface area contributed by atoms with E-state index in [1.165, 1.54) is 26.4 Å². The molecule has 1 aromatic heterocycles. The lowest BCUT2D eigenvalue weighted by Gasteiger charge is -2.32. The number of aromatic nitrogens is 1. The van der Waals surface area contributed by atoms with E-state index in [4.69, 9.17) is 10.5 Å². The number of nitrogens with two attached hydrogens (primary N) is 1. The van der Waals surface area contributed by atoms with Crippen molar-refractivity contribution in [2.45, 2.75) is 32.2 Å². The predicted molar refractivity (Wildman–Crippen MR) is 83.4 cm³/mol. The summed E-state index contributed by atoms with van der Waals surface area (Å²) in [4.78, 5) is 18.4. The maximum absolute atomic E-state index is 11.8. The normalized spacial score (nSPS) is 17.2. The van der Waals surface area contributed by atoms with Gasteiger partial charge in [0.2, 0.25) is 0 Å². The van der Waals surface area contributed by atoms with Crippen LogP contribution in [0.3, 0.4) is 0 Å². The molecular weight excluding hydrogens is 268 g/mol. The second-order valence-electron chi connectivity index (χ2n) is 5.48. The Morgan fingerprint density at radius 2 is 2.19 bits per heavy atom. The van der Waals surface area contributed by atoms with E-state index in [1.54, 1.807) is 12.3 Å². The minimum Gasteiger partial charge on any atom is -0.465 e. The molecule has 2 heterocycles. The number of ether oxygens (including phenoxy) is 1. The van der Waals surface area contributed by atoms with Crippen LogP contribution >= 0.6 is 0 Å². The lowest BCUT2D eigenvalue weighted by molar-refractivity contribution is 0.0601. The molecule has 2 rings (SSSR count). The van der Waals surface area contributed by atoms with E-state index < -0.39 is 5.97 Å². The summed E-state index contributed by atoms with van der Waals surface area (Å²) < 4.78 is 4.77. The number of nitrogens with zero attached hydrogens (tertiary/aromatic N) is 2. The summed E-state index contributed by atoms with van der Waals surface area (Å²) in [6, 6.07) is 1.99. The molecule has 116 valence electrons. The minimum atomic E-state index is -0.428. The van der Waals surface area contributed by atoms with Crippen molar-refractivity contribution in [3.63, 3.8) is 0 Å². The number of likely N-dealkylation sites (tertiary alicyclic amines) is 1. The number of piperidine rings is 1. The van der Waals surface area contributed by atoms with Crippen LogP contribution in [0.2, 0.25) is 0 Å². The molecule has 1 unspecified atom stereocenters. The average molecular weight is 292 g/mol. The molecule has 1 aliphatic heterocycles. The number of methoxy groups -OCH3 is 1. The van der Waals surface area contributed by atoms with Crippen molar-refractivity contribution in [2.24, 2.45) is 0 Å². The first-order chi connectivity index (χ1) is 10.1. The first kappa shape index (κ1) is 15.6. The molecule has 1 aromatic rings. The number of hydrogen-bond acceptors (Lipinski definition) is 6. The maximum atomic E-state index is 11.8. The number of hydrogen-bond donors (Lipinski definition) is 2. The highest BCUT2D eigenvalue weighted by molar-refractivity contribution is 5.95. The van der Waals surface area contributed by atoms with E-state index in [2.05, 4.69) is 22.1 Å². The zero-order valence-corrected chi connectivity index (χ0v) is 12.8. The van der Waals surface area contributed by atoms with Crippen LogP contribution in [0.4, 0.5) is 11.5 Å². The molecule has 0 aliphatic carbocycles. The lowest BCUT2D eigenvalue weighted by atomic mass is 10.1. The second-order valence-corrected chi connectivity index (χ2v) is 5.48. The van der Waals surface area contributed by atoms with Crippen LogP contribution in [0.15, 0.2) is 12.3 Å². The molecule has 1 atom stereocenters. The summed E-state index contributed by atoms with van der Waals surface area (Å²) in [7, 11) is 1.35. The Morgan fingerprint density at radius 3 is 2.86 bits per heavy atom. The van der Waals surface area contributed by atoms with E-state index in [1.807, 2.05) is 0 Å². The summed E-state index contributed by atoms with van der Waals surface area (Å²) in [5.41, 5.74) is 6.51. The van der Waals surface area contributed by atoms with Crippen molar-refractivity contribution >= 4 is 17.5 Å². The highest BCUT2D eigenvalue weighted by atomic mass is 16.5. The molecule has 1 saturated heterocycles. The Balaban J connectivity index is 2.00. The molecule has 1 aliphatic rings. The first-order valence-corrected chi connectivity index (χ1v) is 7.43. The van der Waals surface area contributed by atoms with E-state index >= 15 is 0 Å². The fourth-order valence-electron chi connectivity index (χ4n) is 2.62. The fourth-order valence-corrected chi connectivity index (χ4v) is 2.62. The van der Waals surface area contributed by atoms with Crippen LogP contribution in [-0.4, -0.2) is 48.6 Å². The van der Waals surface area contributed by atoms with Gasteiger partial charge < -0.3 is 15.8 Å². The first-order valence-electron chi connectivity index (χ1n) is 7.43. The van der Waals surface area contributed by atoms with Crippen LogP contribution in [0.5, 0.6) is 0 Å². The van der Waals surface area contributed by atoms with E-state index in [0.717, 1.165) is 19.6 Å². The van der Waals surface area contributed by atoms with Crippen LogP contribution in [-0.2, 0) is 4.74 Å². The van der Waals surface area contributed by atoms with Gasteiger partial charge in [0, 0.05) is 12.6 Å². The van der Waals surface area contributed by atoms with Gasteiger partial charge >= 0.3 is 5.97 Å². The molecule has 6 nitrogen and oxygen atoms in total. The van der Waals surface area contributed by atoms with Gasteiger partial charge in [0.25, 0.3) is 0 Å². The zero-order valence-electron chi connectivity index (χ0n) is 12.8. The summed E-state index contributed by atoms with van der Waals surface area (Å²) >= 11 is 0. The highest BCUT2D eigenvalue weighted by Crippen LogP contribution is 2.18. The summed E-state index contributed by atoms with van der Waals surface area (Å²) in [6.45, 7) is 5.21. The highest BCUT2D eigenvalue weighted by Gasteiger charge is 2.18. The number of esters is 1. The Hall–Kier alpha value is -1.82. The number of nitrogens with one attached hydrogen (secondary N) is 1. The average Bonchev–Trinajstić information content (AvgIpc) is 2.53. The van der Waals surface area contributed by atoms with E-state index in [-0.39, 0.29) is 0 Å². The van der Waals surface area contributed by atoms with Crippen molar-refractivity contribution in [3.05, 3.63) is 17.8 Å². The lowest BCUT2D eigenvalue weighted by Crippen LogP contribution is -2.41. The molecule has 0 aromatic carbocycles. The van der Waals surface area contributed by atoms with E-state index in [9.17, 15) is 4.79 Å². The molecule has 21 heavy (non-hydrogen) atoms. The van der Waals surface area contributed by atoms with Gasteiger partial charge in [-0.15, -0.1) is 0 Å². The minimum absolute atomic E-state index is 0.378. The number of carbonyl (C=O) groups is 1. The molecule has 0 radical (unpaired) electrons. The van der Waals surface area contributed by atoms with Crippen molar-refractivity contribution in [2.75, 3.05) is 37.8 Å². The number of carbonyl (C=O) groups excluding carboxylic acids is 1. The van der Waals surface area contributed by atoms with E-state index in [0.29, 0.717) is 23.1 Å². The topological polar surface area (TPSA) is 80.5 Å². The van der Waals surface area contributed by atoms with Crippen molar-refractivity contribution < 1.29 is 9.53 Å². The molecule has 0 bridgehead atoms. The Kier molecular flexibility index (Phi) is 5.38. The van der Waals surface area contributed by atoms with Gasteiger partial charge in [0.15, 0.2) is 0 Å². The summed E-state index contributed by atoms with van der Waals surface area (Å²) in [6.07, 6.45) is 5.39. The summed E-state index contributed by atoms with van der Waals surface area (Å²) in [5, 5.41) is 3.24. The Labute approximate surface area is 125 Å². The van der Waals surface area contributed by atoms with Gasteiger partial charge in [-0.3, -0.25) is 4.90 Å². The zero-order chi connectivity index (χ0) is 15.2. The number of pyridine rings is 1. The quantitative estimate of drug-likeness (QED) is 0.805. The fraction of sp³-hybridized carbons (Fsp3) is 0.600. The number of rotatable bonds is 5. The van der Waals surface area contributed by atoms with Gasteiger partial charge in [-0.1, -0.05) is 6.42 Å². The van der Waals surface area contributed by atoms with Crippen LogP contribution in [0.25, 0.3) is 0 Å². The second kappa shape index (κ2) is 7.26. The Bertz CT molecular complexity index is 487. The van der Waals surface area contributed by atoms with Gasteiger partial charge in [0.05, 0.1) is 19.0 Å². The third kappa shape index (κ3) is 4.07. The monoisotopic (exact) mass is 292 g/mol. The van der Waals surface area contributed by atoms with Gasteiger partial charge in [-0.2, -0.15) is 0 Å². The van der Waals surface area contributed by atoms with Gasteiger partial charge in [0.1, 0.15) is 11.4 Å². The van der Waals surface area contributed by atoms with Gasteiger partial charge in [-0.05, 0) is 38.9 Å². The molecular formula is C15H24N4O2. The number of anilines is 2. The molecule has 1 fully saturated rings. The smallest absolute Gasteiger partial charge is 0.341 e. The predicted octanol–water partition coefficient (Wildman–Crippen LogP) is 1.74. The van der Waals surface area contributed by atoms with Crippen LogP contribution in [0.1, 0.15) is 36.5 Å².